The number of para-hydroxylation sites is 2. The van der Waals surface area contributed by atoms with Crippen LogP contribution in [0.1, 0.15) is 33.1 Å². The van der Waals surface area contributed by atoms with Crippen molar-refractivity contribution in [1.29, 1.82) is 0 Å². The topological polar surface area (TPSA) is 96.5 Å². The minimum absolute atomic E-state index is 0.0191. The van der Waals surface area contributed by atoms with E-state index in [0.717, 1.165) is 31.6 Å². The van der Waals surface area contributed by atoms with E-state index in [9.17, 15) is 9.59 Å². The minimum Gasteiger partial charge on any atom is -0.492 e. The lowest BCUT2D eigenvalue weighted by molar-refractivity contribution is -0.125. The Hall–Kier alpha value is -2.81. The molecule has 0 aliphatic carbocycles. The Kier molecular flexibility index (Phi) is 9.15. The molecule has 0 radical (unpaired) electrons. The maximum Gasteiger partial charge on any atom is 0.234 e. The number of aromatic nitrogens is 2. The molecular formula is C23H31N5O3S. The number of hydrogen-bond donors (Lipinski definition) is 2. The molecule has 3 rings (SSSR count). The number of carbonyl (C=O) groups is 2. The second-order valence-corrected chi connectivity index (χ2v) is 8.57. The van der Waals surface area contributed by atoms with Crippen LogP contribution < -0.4 is 20.3 Å². The van der Waals surface area contributed by atoms with E-state index in [2.05, 4.69) is 25.7 Å². The number of nitrogens with zero attached hydrogens (tertiary/aromatic N) is 3. The molecule has 0 saturated carbocycles. The molecule has 2 amide bonds. The first kappa shape index (κ1) is 23.8. The fourth-order valence-electron chi connectivity index (χ4n) is 3.53. The second-order valence-electron chi connectivity index (χ2n) is 7.57. The largest absolute Gasteiger partial charge is 0.492 e. The van der Waals surface area contributed by atoms with E-state index in [4.69, 9.17) is 4.74 Å². The van der Waals surface area contributed by atoms with Crippen molar-refractivity contribution in [2.24, 2.45) is 5.92 Å². The quantitative estimate of drug-likeness (QED) is 0.528. The van der Waals surface area contributed by atoms with Gasteiger partial charge in [0.1, 0.15) is 10.8 Å². The third-order valence-corrected chi connectivity index (χ3v) is 6.02. The van der Waals surface area contributed by atoms with Crippen LogP contribution in [0.25, 0.3) is 0 Å². The van der Waals surface area contributed by atoms with Gasteiger partial charge in [-0.05, 0) is 50.5 Å². The van der Waals surface area contributed by atoms with E-state index in [1.54, 1.807) is 0 Å². The molecular weight excluding hydrogens is 426 g/mol. The predicted molar refractivity (Wildman–Crippen MR) is 127 cm³/mol. The van der Waals surface area contributed by atoms with Gasteiger partial charge in [0.15, 0.2) is 5.82 Å². The predicted octanol–water partition coefficient (Wildman–Crippen LogP) is 3.35. The van der Waals surface area contributed by atoms with Crippen molar-refractivity contribution in [2.75, 3.05) is 42.2 Å². The average Bonchev–Trinajstić information content (AvgIpc) is 2.83. The fourth-order valence-corrected chi connectivity index (χ4v) is 4.14. The van der Waals surface area contributed by atoms with Gasteiger partial charge < -0.3 is 20.3 Å². The van der Waals surface area contributed by atoms with Gasteiger partial charge in [0.2, 0.25) is 11.8 Å². The molecule has 1 fully saturated rings. The van der Waals surface area contributed by atoms with Gasteiger partial charge in [-0.3, -0.25) is 9.59 Å². The Balaban J connectivity index is 1.50. The number of ether oxygens (including phenoxy) is 1. The van der Waals surface area contributed by atoms with Crippen molar-refractivity contribution in [3.05, 3.63) is 36.4 Å². The van der Waals surface area contributed by atoms with Crippen LogP contribution in [0.3, 0.4) is 0 Å². The first-order valence-corrected chi connectivity index (χ1v) is 12.1. The molecule has 8 nitrogen and oxygen atoms in total. The number of thioether (sulfide) groups is 1. The summed E-state index contributed by atoms with van der Waals surface area (Å²) in [5, 5.41) is 15.1. The zero-order valence-corrected chi connectivity index (χ0v) is 19.5. The Morgan fingerprint density at radius 1 is 1.19 bits per heavy atom. The molecule has 1 saturated heterocycles. The summed E-state index contributed by atoms with van der Waals surface area (Å²) in [6.45, 7) is 6.71. The summed E-state index contributed by atoms with van der Waals surface area (Å²) in [4.78, 5) is 26.8. The molecule has 1 atom stereocenters. The maximum absolute atomic E-state index is 12.3. The number of rotatable bonds is 10. The molecule has 172 valence electrons. The number of carbonyl (C=O) groups excluding carboxylic acids is 2. The lowest BCUT2D eigenvalue weighted by atomic mass is 9.97. The van der Waals surface area contributed by atoms with Crippen molar-refractivity contribution >= 4 is 35.1 Å². The van der Waals surface area contributed by atoms with Gasteiger partial charge in [0, 0.05) is 19.6 Å². The number of hydrogen-bond acceptors (Lipinski definition) is 7. The van der Waals surface area contributed by atoms with Crippen LogP contribution in [-0.2, 0) is 9.59 Å². The number of nitrogens with one attached hydrogen (secondary N) is 2. The van der Waals surface area contributed by atoms with Gasteiger partial charge in [0.05, 0.1) is 24.0 Å². The van der Waals surface area contributed by atoms with Crippen LogP contribution in [0.2, 0.25) is 0 Å². The lowest BCUT2D eigenvalue weighted by Gasteiger charge is -2.32. The number of anilines is 2. The second kappa shape index (κ2) is 12.3. The van der Waals surface area contributed by atoms with Crippen LogP contribution >= 0.6 is 11.8 Å². The lowest BCUT2D eigenvalue weighted by Crippen LogP contribution is -2.43. The fraction of sp³-hybridized carbons (Fsp3) is 0.478. The van der Waals surface area contributed by atoms with E-state index < -0.39 is 0 Å². The summed E-state index contributed by atoms with van der Waals surface area (Å²) in [5.74, 6) is 1.60. The zero-order chi connectivity index (χ0) is 22.8. The van der Waals surface area contributed by atoms with E-state index >= 15 is 0 Å². The van der Waals surface area contributed by atoms with Gasteiger partial charge in [-0.2, -0.15) is 0 Å². The minimum atomic E-state index is -0.134. The summed E-state index contributed by atoms with van der Waals surface area (Å²) in [6.07, 6.45) is 2.78. The van der Waals surface area contributed by atoms with Crippen LogP contribution in [0.15, 0.2) is 41.4 Å². The Labute approximate surface area is 193 Å². The molecule has 32 heavy (non-hydrogen) atoms. The van der Waals surface area contributed by atoms with Crippen molar-refractivity contribution in [3.63, 3.8) is 0 Å². The summed E-state index contributed by atoms with van der Waals surface area (Å²) < 4.78 is 5.54. The third kappa shape index (κ3) is 6.85. The first-order chi connectivity index (χ1) is 15.6. The van der Waals surface area contributed by atoms with E-state index in [0.29, 0.717) is 36.2 Å². The monoisotopic (exact) mass is 457 g/mol. The molecule has 2 N–H and O–H groups in total. The van der Waals surface area contributed by atoms with Crippen LogP contribution in [-0.4, -0.2) is 54.0 Å². The molecule has 0 unspecified atom stereocenters. The normalized spacial score (nSPS) is 15.8. The van der Waals surface area contributed by atoms with Gasteiger partial charge in [0.25, 0.3) is 0 Å². The van der Waals surface area contributed by atoms with E-state index in [1.165, 1.54) is 11.8 Å². The molecule has 1 aromatic carbocycles. The summed E-state index contributed by atoms with van der Waals surface area (Å²) in [7, 11) is 0. The Bertz CT molecular complexity index is 893. The summed E-state index contributed by atoms with van der Waals surface area (Å²) >= 11 is 1.33. The average molecular weight is 458 g/mol. The van der Waals surface area contributed by atoms with E-state index in [-0.39, 0.29) is 23.5 Å². The van der Waals surface area contributed by atoms with Gasteiger partial charge in [-0.1, -0.05) is 30.8 Å². The highest BCUT2D eigenvalue weighted by atomic mass is 32.2. The summed E-state index contributed by atoms with van der Waals surface area (Å²) in [6, 6.07) is 11.1. The molecule has 1 aliphatic heterocycles. The molecule has 1 aliphatic rings. The van der Waals surface area contributed by atoms with Crippen molar-refractivity contribution < 1.29 is 14.3 Å². The van der Waals surface area contributed by atoms with Crippen molar-refractivity contribution in [2.45, 2.75) is 38.1 Å². The third-order valence-electron chi connectivity index (χ3n) is 5.10. The van der Waals surface area contributed by atoms with Crippen LogP contribution in [0.5, 0.6) is 5.75 Å². The highest BCUT2D eigenvalue weighted by Crippen LogP contribution is 2.25. The molecule has 9 heteroatoms. The zero-order valence-electron chi connectivity index (χ0n) is 18.7. The Morgan fingerprint density at radius 3 is 2.78 bits per heavy atom. The summed E-state index contributed by atoms with van der Waals surface area (Å²) in [5.41, 5.74) is 0.656. The molecule has 0 bridgehead atoms. The molecule has 1 aromatic heterocycles. The Morgan fingerprint density at radius 2 is 2.03 bits per heavy atom. The number of benzene rings is 1. The maximum atomic E-state index is 12.3. The standard InChI is InChI=1S/C23H31N5O3S/c1-3-13-24-23(30)17-8-7-14-28(15-17)20-11-12-22(27-26-20)32-16-21(29)25-18-9-5-6-10-19(18)31-4-2/h5-6,9-12,17H,3-4,7-8,13-16H2,1-2H3,(H,24,30)(H,25,29)/t17-/m1/s1. The van der Waals surface area contributed by atoms with Crippen LogP contribution in [0.4, 0.5) is 11.5 Å². The van der Waals surface area contributed by atoms with Gasteiger partial charge in [-0.25, -0.2) is 0 Å². The van der Waals surface area contributed by atoms with Crippen molar-refractivity contribution in [3.8, 4) is 5.75 Å². The van der Waals surface area contributed by atoms with E-state index in [1.807, 2.05) is 50.2 Å². The molecule has 0 spiro atoms. The van der Waals surface area contributed by atoms with Crippen molar-refractivity contribution in [1.82, 2.24) is 15.5 Å². The number of piperidine rings is 1. The highest BCUT2D eigenvalue weighted by Gasteiger charge is 2.26. The SMILES string of the molecule is CCCNC(=O)[C@@H]1CCCN(c2ccc(SCC(=O)Nc3ccccc3OCC)nn2)C1. The molecule has 2 aromatic rings. The highest BCUT2D eigenvalue weighted by molar-refractivity contribution is 7.99. The van der Waals surface area contributed by atoms with Gasteiger partial charge in [-0.15, -0.1) is 10.2 Å². The molecule has 2 heterocycles. The number of amides is 2. The first-order valence-electron chi connectivity index (χ1n) is 11.1. The van der Waals surface area contributed by atoms with Gasteiger partial charge >= 0.3 is 0 Å². The van der Waals surface area contributed by atoms with Crippen LogP contribution in [0, 0.1) is 5.92 Å². The smallest absolute Gasteiger partial charge is 0.234 e.